The average Bonchev–Trinajstić information content (AvgIpc) is 2.77. The second-order valence-corrected chi connectivity index (χ2v) is 7.25. The molecule has 2 aromatic rings. The third-order valence-electron chi connectivity index (χ3n) is 3.96. The molecule has 0 radical (unpaired) electrons. The summed E-state index contributed by atoms with van der Waals surface area (Å²) in [6.45, 7) is 1.11. The third kappa shape index (κ3) is 3.04. The normalized spacial score (nSPS) is 16.9. The van der Waals surface area contributed by atoms with Crippen LogP contribution in [0.2, 0.25) is 0 Å². The molecule has 1 aromatic heterocycles. The van der Waals surface area contributed by atoms with Gasteiger partial charge >= 0.3 is 0 Å². The summed E-state index contributed by atoms with van der Waals surface area (Å²) in [4.78, 5) is 14.6. The maximum Gasteiger partial charge on any atom is 0.255 e. The summed E-state index contributed by atoms with van der Waals surface area (Å²) in [7, 11) is -3.55. The number of hydrogen-bond acceptors (Lipinski definition) is 3. The first-order valence-corrected chi connectivity index (χ1v) is 8.65. The second-order valence-electron chi connectivity index (χ2n) is 5.34. The summed E-state index contributed by atoms with van der Waals surface area (Å²) >= 11 is 0. The van der Waals surface area contributed by atoms with Crippen LogP contribution >= 0.6 is 12.4 Å². The molecule has 1 aliphatic heterocycles. The van der Waals surface area contributed by atoms with Crippen molar-refractivity contribution in [3.8, 4) is 0 Å². The van der Waals surface area contributed by atoms with E-state index in [-0.39, 0.29) is 22.9 Å². The summed E-state index contributed by atoms with van der Waals surface area (Å²) in [5, 5.41) is 0.902. The lowest BCUT2D eigenvalue weighted by atomic mass is 10.2. The summed E-state index contributed by atoms with van der Waals surface area (Å²) < 4.78 is 27.3. The zero-order valence-corrected chi connectivity index (χ0v) is 13.8. The molecule has 5 nitrogen and oxygen atoms in total. The van der Waals surface area contributed by atoms with Crippen molar-refractivity contribution in [3.63, 3.8) is 0 Å². The van der Waals surface area contributed by atoms with Gasteiger partial charge in [-0.2, -0.15) is 4.31 Å². The Balaban J connectivity index is 0.00000176. The van der Waals surface area contributed by atoms with Gasteiger partial charge in [0.25, 0.3) is 5.56 Å². The zero-order chi connectivity index (χ0) is 14.9. The predicted molar refractivity (Wildman–Crippen MR) is 89.0 cm³/mol. The quantitative estimate of drug-likeness (QED) is 0.911. The van der Waals surface area contributed by atoms with Gasteiger partial charge in [0.15, 0.2) is 0 Å². The highest BCUT2D eigenvalue weighted by atomic mass is 35.5. The monoisotopic (exact) mass is 342 g/mol. The number of rotatable bonds is 2. The van der Waals surface area contributed by atoms with Crippen LogP contribution in [0.4, 0.5) is 0 Å². The fourth-order valence-electron chi connectivity index (χ4n) is 2.84. The Hall–Kier alpha value is -1.37. The molecule has 0 aliphatic carbocycles. The van der Waals surface area contributed by atoms with Crippen LogP contribution in [0.1, 0.15) is 25.7 Å². The van der Waals surface area contributed by atoms with E-state index in [0.29, 0.717) is 23.9 Å². The van der Waals surface area contributed by atoms with Gasteiger partial charge in [0.2, 0.25) is 10.0 Å². The van der Waals surface area contributed by atoms with Crippen LogP contribution in [0, 0.1) is 0 Å². The third-order valence-corrected chi connectivity index (χ3v) is 5.91. The summed E-state index contributed by atoms with van der Waals surface area (Å²) in [6, 6.07) is 6.52. The number of hydrogen-bond donors (Lipinski definition) is 1. The topological polar surface area (TPSA) is 70.2 Å². The van der Waals surface area contributed by atoms with Crippen molar-refractivity contribution in [2.24, 2.45) is 0 Å². The van der Waals surface area contributed by atoms with Crippen molar-refractivity contribution in [3.05, 3.63) is 40.8 Å². The largest absolute Gasteiger partial charge is 0.329 e. The lowest BCUT2D eigenvalue weighted by molar-refractivity contribution is 0.424. The number of pyridine rings is 1. The molecule has 0 spiro atoms. The minimum atomic E-state index is -3.55. The van der Waals surface area contributed by atoms with Gasteiger partial charge in [-0.15, -0.1) is 12.4 Å². The van der Waals surface area contributed by atoms with E-state index in [1.54, 1.807) is 28.6 Å². The summed E-state index contributed by atoms with van der Waals surface area (Å²) in [5.41, 5.74) is -0.264. The maximum atomic E-state index is 12.9. The summed E-state index contributed by atoms with van der Waals surface area (Å²) in [5.74, 6) is 0. The molecule has 1 fully saturated rings. The Morgan fingerprint density at radius 3 is 2.32 bits per heavy atom. The number of H-pyrrole nitrogens is 1. The van der Waals surface area contributed by atoms with Gasteiger partial charge in [0, 0.05) is 30.1 Å². The van der Waals surface area contributed by atoms with Gasteiger partial charge in [-0.1, -0.05) is 18.9 Å². The highest BCUT2D eigenvalue weighted by Gasteiger charge is 2.26. The summed E-state index contributed by atoms with van der Waals surface area (Å²) in [6.07, 6.45) is 5.42. The Morgan fingerprint density at radius 1 is 0.955 bits per heavy atom. The Bertz CT molecular complexity index is 809. The minimum absolute atomic E-state index is 0. The molecule has 7 heteroatoms. The molecule has 3 rings (SSSR count). The first-order valence-electron chi connectivity index (χ1n) is 7.21. The molecule has 120 valence electrons. The smallest absolute Gasteiger partial charge is 0.255 e. The van der Waals surface area contributed by atoms with Gasteiger partial charge < -0.3 is 4.98 Å². The van der Waals surface area contributed by atoms with Crippen LogP contribution in [-0.2, 0) is 10.0 Å². The minimum Gasteiger partial charge on any atom is -0.329 e. The first-order chi connectivity index (χ1) is 10.1. The lowest BCUT2D eigenvalue weighted by Gasteiger charge is -2.20. The van der Waals surface area contributed by atoms with Crippen molar-refractivity contribution in [1.29, 1.82) is 0 Å². The van der Waals surface area contributed by atoms with Gasteiger partial charge in [-0.3, -0.25) is 4.79 Å². The van der Waals surface area contributed by atoms with Crippen molar-refractivity contribution < 1.29 is 8.42 Å². The standard InChI is InChI=1S/C15H18N2O3S.ClH/c18-15-13-6-5-7-14(12(13)8-9-16-15)21(19,20)17-10-3-1-2-4-11-17;/h5-9H,1-4,10-11H2,(H,16,18);1H. The molecule has 1 aromatic carbocycles. The van der Waals surface area contributed by atoms with Crippen LogP contribution in [0.15, 0.2) is 40.2 Å². The van der Waals surface area contributed by atoms with Crippen LogP contribution in [0.25, 0.3) is 10.8 Å². The molecule has 0 bridgehead atoms. The zero-order valence-electron chi connectivity index (χ0n) is 12.1. The molecule has 1 saturated heterocycles. The molecule has 0 atom stereocenters. The van der Waals surface area contributed by atoms with E-state index >= 15 is 0 Å². The molecule has 0 amide bonds. The predicted octanol–water partition coefficient (Wildman–Crippen LogP) is 2.51. The van der Waals surface area contributed by atoms with Crippen molar-refractivity contribution in [2.45, 2.75) is 30.6 Å². The van der Waals surface area contributed by atoms with Gasteiger partial charge in [-0.05, 0) is 31.0 Å². The molecule has 0 unspecified atom stereocenters. The van der Waals surface area contributed by atoms with E-state index in [4.69, 9.17) is 0 Å². The highest BCUT2D eigenvalue weighted by molar-refractivity contribution is 7.89. The lowest BCUT2D eigenvalue weighted by Crippen LogP contribution is -2.32. The molecule has 1 aliphatic rings. The van der Waals surface area contributed by atoms with E-state index in [0.717, 1.165) is 25.7 Å². The van der Waals surface area contributed by atoms with Crippen molar-refractivity contribution in [1.82, 2.24) is 9.29 Å². The molecule has 0 saturated carbocycles. The molecular weight excluding hydrogens is 324 g/mol. The van der Waals surface area contributed by atoms with E-state index in [1.165, 1.54) is 6.20 Å². The van der Waals surface area contributed by atoms with E-state index in [1.807, 2.05) is 0 Å². The van der Waals surface area contributed by atoms with Gasteiger partial charge in [-0.25, -0.2) is 8.42 Å². The van der Waals surface area contributed by atoms with Gasteiger partial charge in [0.1, 0.15) is 0 Å². The number of nitrogens with zero attached hydrogens (tertiary/aromatic N) is 1. The van der Waals surface area contributed by atoms with Crippen molar-refractivity contribution in [2.75, 3.05) is 13.1 Å². The van der Waals surface area contributed by atoms with E-state index < -0.39 is 10.0 Å². The number of aromatic amines is 1. The number of benzene rings is 1. The highest BCUT2D eigenvalue weighted by Crippen LogP contribution is 2.25. The molecule has 1 N–H and O–H groups in total. The maximum absolute atomic E-state index is 12.9. The molecule has 2 heterocycles. The fraction of sp³-hybridized carbons (Fsp3) is 0.400. The number of nitrogens with one attached hydrogen (secondary N) is 1. The van der Waals surface area contributed by atoms with Crippen LogP contribution in [-0.4, -0.2) is 30.8 Å². The second kappa shape index (κ2) is 6.81. The van der Waals surface area contributed by atoms with Crippen LogP contribution in [0.5, 0.6) is 0 Å². The molecule has 22 heavy (non-hydrogen) atoms. The Morgan fingerprint density at radius 2 is 1.64 bits per heavy atom. The van der Waals surface area contributed by atoms with Crippen LogP contribution < -0.4 is 5.56 Å². The first kappa shape index (κ1) is 17.0. The fourth-order valence-corrected chi connectivity index (χ4v) is 4.56. The SMILES string of the molecule is Cl.O=c1[nH]ccc2c(S(=O)(=O)N3CCCCCC3)cccc12. The van der Waals surface area contributed by atoms with Crippen molar-refractivity contribution >= 4 is 33.2 Å². The number of aromatic nitrogens is 1. The average molecular weight is 343 g/mol. The van der Waals surface area contributed by atoms with Gasteiger partial charge in [0.05, 0.1) is 4.90 Å². The Labute approximate surface area is 135 Å². The molecular formula is C15H19ClN2O3S. The number of halogens is 1. The Kier molecular flexibility index (Phi) is 5.26. The number of fused-ring (bicyclic) bond motifs is 1. The van der Waals surface area contributed by atoms with E-state index in [9.17, 15) is 13.2 Å². The van der Waals surface area contributed by atoms with Crippen LogP contribution in [0.3, 0.4) is 0 Å². The number of sulfonamides is 1. The van der Waals surface area contributed by atoms with E-state index in [2.05, 4.69) is 4.98 Å².